The van der Waals surface area contributed by atoms with E-state index in [1.54, 1.807) is 14.0 Å². The van der Waals surface area contributed by atoms with Crippen molar-refractivity contribution < 1.29 is 19.5 Å². The van der Waals surface area contributed by atoms with Crippen LogP contribution in [0.4, 0.5) is 10.5 Å². The van der Waals surface area contributed by atoms with Crippen LogP contribution < -0.4 is 21.4 Å². The van der Waals surface area contributed by atoms with Crippen LogP contribution in [0.15, 0.2) is 79.0 Å². The highest BCUT2D eigenvalue weighted by molar-refractivity contribution is 5.94. The highest BCUT2D eigenvalue weighted by Gasteiger charge is 2.25. The number of nitrogens with zero attached hydrogens (tertiary/aromatic N) is 1. The number of hydrazine groups is 1. The van der Waals surface area contributed by atoms with E-state index < -0.39 is 11.6 Å². The molecule has 4 amide bonds. The fourth-order valence-corrected chi connectivity index (χ4v) is 4.98. The number of fused-ring (bicyclic) bond motifs is 1. The van der Waals surface area contributed by atoms with Crippen molar-refractivity contribution in [2.45, 2.75) is 58.2 Å². The number of aliphatic hydroxyl groups excluding tert-OH is 1. The summed E-state index contributed by atoms with van der Waals surface area (Å²) in [6, 6.07) is 22.8. The number of nitrogens with one attached hydrogen (secondary N) is 5. The molecular weight excluding hydrogens is 556 g/mol. The number of urea groups is 1. The van der Waals surface area contributed by atoms with Crippen LogP contribution in [0, 0.1) is 0 Å². The Labute approximate surface area is 258 Å². The maximum Gasteiger partial charge on any atom is 0.318 e. The summed E-state index contributed by atoms with van der Waals surface area (Å²) in [6.45, 7) is 5.97. The number of anilines is 1. The molecule has 0 radical (unpaired) electrons. The van der Waals surface area contributed by atoms with E-state index in [-0.39, 0.29) is 37.2 Å². The van der Waals surface area contributed by atoms with Crippen LogP contribution in [0.5, 0.6) is 0 Å². The number of amides is 4. The van der Waals surface area contributed by atoms with Gasteiger partial charge in [0.15, 0.2) is 0 Å². The number of rotatable bonds is 12. The fraction of sp³-hybridized carbons (Fsp3) is 0.324. The third kappa shape index (κ3) is 8.92. The minimum Gasteiger partial charge on any atom is -0.392 e. The van der Waals surface area contributed by atoms with Crippen molar-refractivity contribution in [2.75, 3.05) is 18.9 Å². The Morgan fingerprint density at radius 2 is 1.68 bits per heavy atom. The van der Waals surface area contributed by atoms with Gasteiger partial charge in [-0.15, -0.1) is 0 Å². The van der Waals surface area contributed by atoms with Crippen molar-refractivity contribution >= 4 is 34.4 Å². The molecule has 0 aliphatic carbocycles. The lowest BCUT2D eigenvalue weighted by molar-refractivity contribution is -0.142. The Morgan fingerprint density at radius 1 is 0.977 bits per heavy atom. The van der Waals surface area contributed by atoms with Crippen LogP contribution >= 0.6 is 0 Å². The second-order valence-electron chi connectivity index (χ2n) is 11.6. The van der Waals surface area contributed by atoms with Gasteiger partial charge in [-0.1, -0.05) is 60.7 Å². The fourth-order valence-electron chi connectivity index (χ4n) is 4.98. The maximum absolute atomic E-state index is 13.6. The number of carbonyl (C=O) groups excluding carboxylic acids is 3. The number of aliphatic hydroxyl groups is 1. The number of aromatic nitrogens is 1. The van der Waals surface area contributed by atoms with Gasteiger partial charge in [0.05, 0.1) is 18.3 Å². The molecule has 1 heterocycles. The Kier molecular flexibility index (Phi) is 10.8. The number of hydrogen-bond acceptors (Lipinski definition) is 5. The molecule has 3 aromatic carbocycles. The number of benzene rings is 3. The second kappa shape index (κ2) is 14.7. The zero-order valence-corrected chi connectivity index (χ0v) is 25.7. The van der Waals surface area contributed by atoms with E-state index in [2.05, 4.69) is 26.4 Å². The molecule has 4 rings (SSSR count). The first-order valence-electron chi connectivity index (χ1n) is 14.8. The van der Waals surface area contributed by atoms with E-state index in [0.29, 0.717) is 18.7 Å². The molecule has 0 bridgehead atoms. The van der Waals surface area contributed by atoms with Crippen LogP contribution in [-0.4, -0.2) is 58.2 Å². The number of hydrogen-bond donors (Lipinski definition) is 6. The summed E-state index contributed by atoms with van der Waals surface area (Å²) in [5.74, 6) is -0.512. The minimum atomic E-state index is -0.586. The maximum atomic E-state index is 13.6. The van der Waals surface area contributed by atoms with Gasteiger partial charge in [-0.05, 0) is 56.0 Å². The van der Waals surface area contributed by atoms with Crippen molar-refractivity contribution in [2.24, 2.45) is 0 Å². The molecule has 0 aliphatic heterocycles. The molecular formula is C34H42N6O4. The van der Waals surface area contributed by atoms with Crippen molar-refractivity contribution in [1.82, 2.24) is 26.1 Å². The standard InChI is InChI=1S/C34H42N6O4/c1-23(41)20-37-34(2,3)19-31(42)39-40(32(43)18-17-26-21-36-29-11-7-5-10-28(26)29)22-24-13-15-25(16-14-24)27-9-6-8-12-30(27)38-33(44)35-4/h5-16,21,23,36-37,41H,17-20,22H2,1-4H3,(H,39,42)(H2,35,38,44)/t23-/m1/s1. The average Bonchev–Trinajstić information content (AvgIpc) is 3.42. The Morgan fingerprint density at radius 3 is 2.41 bits per heavy atom. The molecule has 1 aromatic heterocycles. The van der Waals surface area contributed by atoms with Gasteiger partial charge in [0.1, 0.15) is 0 Å². The minimum absolute atomic E-state index is 0.111. The number of β-amino-alcohol motifs (C(OH)–C–C–N with tert-alkyl or cyclic N) is 1. The molecule has 0 aliphatic rings. The van der Waals surface area contributed by atoms with Gasteiger partial charge in [-0.3, -0.25) is 15.0 Å². The first kappa shape index (κ1) is 32.2. The van der Waals surface area contributed by atoms with Crippen molar-refractivity contribution in [3.63, 3.8) is 0 Å². The molecule has 44 heavy (non-hydrogen) atoms. The SMILES string of the molecule is CNC(=O)Nc1ccccc1-c1ccc(CN(NC(=O)CC(C)(C)NC[C@@H](C)O)C(=O)CCc2c[nH]c3ccccc23)cc1. The summed E-state index contributed by atoms with van der Waals surface area (Å²) in [7, 11) is 1.56. The van der Waals surface area contributed by atoms with Gasteiger partial charge in [-0.25, -0.2) is 9.80 Å². The summed E-state index contributed by atoms with van der Waals surface area (Å²) in [5, 5.41) is 20.7. The topological polar surface area (TPSA) is 139 Å². The first-order valence-corrected chi connectivity index (χ1v) is 14.8. The van der Waals surface area contributed by atoms with E-state index in [0.717, 1.165) is 33.2 Å². The first-order chi connectivity index (χ1) is 21.0. The zero-order valence-electron chi connectivity index (χ0n) is 25.7. The smallest absolute Gasteiger partial charge is 0.318 e. The number of para-hydroxylation sites is 2. The molecule has 10 heteroatoms. The largest absolute Gasteiger partial charge is 0.392 e. The van der Waals surface area contributed by atoms with Crippen molar-refractivity contribution in [3.8, 4) is 11.1 Å². The summed E-state index contributed by atoms with van der Waals surface area (Å²) in [6.07, 6.45) is 2.22. The molecule has 6 N–H and O–H groups in total. The second-order valence-corrected chi connectivity index (χ2v) is 11.6. The van der Waals surface area contributed by atoms with E-state index in [1.165, 1.54) is 5.01 Å². The Hall–Kier alpha value is -4.67. The van der Waals surface area contributed by atoms with E-state index in [1.807, 2.05) is 92.8 Å². The third-order valence-corrected chi connectivity index (χ3v) is 7.33. The molecule has 0 unspecified atom stereocenters. The van der Waals surface area contributed by atoms with E-state index in [4.69, 9.17) is 0 Å². The van der Waals surface area contributed by atoms with Gasteiger partial charge in [0.2, 0.25) is 11.8 Å². The van der Waals surface area contributed by atoms with Gasteiger partial charge in [0.25, 0.3) is 0 Å². The van der Waals surface area contributed by atoms with Gasteiger partial charge in [0, 0.05) is 54.6 Å². The van der Waals surface area contributed by atoms with Crippen LogP contribution in [0.3, 0.4) is 0 Å². The van der Waals surface area contributed by atoms with Crippen LogP contribution in [0.1, 0.15) is 44.7 Å². The average molecular weight is 599 g/mol. The van der Waals surface area contributed by atoms with Crippen molar-refractivity contribution in [3.05, 3.63) is 90.1 Å². The molecule has 232 valence electrons. The summed E-state index contributed by atoms with van der Waals surface area (Å²) < 4.78 is 0. The molecule has 1 atom stereocenters. The van der Waals surface area contributed by atoms with Gasteiger partial charge >= 0.3 is 6.03 Å². The molecule has 10 nitrogen and oxygen atoms in total. The monoisotopic (exact) mass is 598 g/mol. The third-order valence-electron chi connectivity index (χ3n) is 7.33. The zero-order chi connectivity index (χ0) is 31.7. The highest BCUT2D eigenvalue weighted by Crippen LogP contribution is 2.28. The van der Waals surface area contributed by atoms with Gasteiger partial charge in [-0.2, -0.15) is 0 Å². The normalized spacial score (nSPS) is 12.0. The number of aromatic amines is 1. The van der Waals surface area contributed by atoms with E-state index in [9.17, 15) is 19.5 Å². The predicted octanol–water partition coefficient (Wildman–Crippen LogP) is 4.72. The molecule has 0 spiro atoms. The lowest BCUT2D eigenvalue weighted by atomic mass is 10.00. The van der Waals surface area contributed by atoms with E-state index >= 15 is 0 Å². The molecule has 0 fully saturated rings. The highest BCUT2D eigenvalue weighted by atomic mass is 16.3. The summed E-state index contributed by atoms with van der Waals surface area (Å²) >= 11 is 0. The van der Waals surface area contributed by atoms with Crippen molar-refractivity contribution in [1.29, 1.82) is 0 Å². The molecule has 0 saturated carbocycles. The number of carbonyl (C=O) groups is 3. The van der Waals surface area contributed by atoms with Gasteiger partial charge < -0.3 is 26.0 Å². The summed E-state index contributed by atoms with van der Waals surface area (Å²) in [4.78, 5) is 41.9. The van der Waals surface area contributed by atoms with Crippen LogP contribution in [0.2, 0.25) is 0 Å². The summed E-state index contributed by atoms with van der Waals surface area (Å²) in [5.41, 5.74) is 7.56. The number of aryl methyl sites for hydroxylation is 1. The van der Waals surface area contributed by atoms with Crippen LogP contribution in [-0.2, 0) is 22.6 Å². The Bertz CT molecular complexity index is 1580. The molecule has 4 aromatic rings. The predicted molar refractivity (Wildman–Crippen MR) is 174 cm³/mol. The quantitative estimate of drug-likeness (QED) is 0.131. The lowest BCUT2D eigenvalue weighted by Crippen LogP contribution is -2.51. The lowest BCUT2D eigenvalue weighted by Gasteiger charge is -2.29. The Balaban J connectivity index is 1.50. The van der Waals surface area contributed by atoms with Crippen LogP contribution in [0.25, 0.3) is 22.0 Å². The number of H-pyrrole nitrogens is 1. The molecule has 0 saturated heterocycles.